The molecule has 1 heterocycles. The number of thiophene rings is 1. The first-order valence-electron chi connectivity index (χ1n) is 6.68. The van der Waals surface area contributed by atoms with E-state index in [1.54, 1.807) is 35.8 Å². The number of hydrogen-bond donors (Lipinski definition) is 1. The Balaban J connectivity index is 1.92. The minimum atomic E-state index is 0.0995. The molecule has 106 valence electrons. The largest absolute Gasteiger partial charge is 0.504 e. The van der Waals surface area contributed by atoms with Crippen LogP contribution >= 0.6 is 11.3 Å². The van der Waals surface area contributed by atoms with Crippen LogP contribution in [0.25, 0.3) is 0 Å². The van der Waals surface area contributed by atoms with Gasteiger partial charge in [0.05, 0.1) is 12.7 Å². The summed E-state index contributed by atoms with van der Waals surface area (Å²) in [6.45, 7) is 0. The fraction of sp³-hybridized carbons (Fsp3) is 0.250. The molecule has 0 amide bonds. The van der Waals surface area contributed by atoms with Gasteiger partial charge in [0.2, 0.25) is 0 Å². The Morgan fingerprint density at radius 1 is 1.43 bits per heavy atom. The van der Waals surface area contributed by atoms with Gasteiger partial charge < -0.3 is 9.84 Å². The third-order valence-corrected chi connectivity index (χ3v) is 4.75. The number of aliphatic imine (C=N–C) groups is 1. The zero-order valence-electron chi connectivity index (χ0n) is 11.6. The van der Waals surface area contributed by atoms with Crippen molar-refractivity contribution < 1.29 is 9.84 Å². The van der Waals surface area contributed by atoms with E-state index in [-0.39, 0.29) is 5.75 Å². The molecular formula is C16H14N2O2S. The van der Waals surface area contributed by atoms with Crippen molar-refractivity contribution in [2.24, 2.45) is 4.99 Å². The smallest absolute Gasteiger partial charge is 0.161 e. The van der Waals surface area contributed by atoms with Gasteiger partial charge in [0, 0.05) is 11.1 Å². The molecule has 0 aliphatic heterocycles. The number of methoxy groups -OCH3 is 1. The maximum absolute atomic E-state index is 9.57. The van der Waals surface area contributed by atoms with Crippen molar-refractivity contribution in [3.05, 3.63) is 39.8 Å². The van der Waals surface area contributed by atoms with Crippen molar-refractivity contribution in [1.82, 2.24) is 0 Å². The number of rotatable bonds is 3. The first kappa shape index (κ1) is 13.7. The summed E-state index contributed by atoms with van der Waals surface area (Å²) < 4.78 is 5.07. The van der Waals surface area contributed by atoms with Gasteiger partial charge in [-0.2, -0.15) is 5.26 Å². The van der Waals surface area contributed by atoms with E-state index in [9.17, 15) is 10.4 Å². The summed E-state index contributed by atoms with van der Waals surface area (Å²) in [5.74, 6) is 0.510. The van der Waals surface area contributed by atoms with Gasteiger partial charge >= 0.3 is 0 Å². The summed E-state index contributed by atoms with van der Waals surface area (Å²) in [4.78, 5) is 5.74. The van der Waals surface area contributed by atoms with Crippen LogP contribution in [0.3, 0.4) is 0 Å². The molecule has 21 heavy (non-hydrogen) atoms. The van der Waals surface area contributed by atoms with Crippen LogP contribution in [0.1, 0.15) is 28.0 Å². The second-order valence-electron chi connectivity index (χ2n) is 4.84. The maximum Gasteiger partial charge on any atom is 0.161 e. The Morgan fingerprint density at radius 3 is 3.05 bits per heavy atom. The molecule has 1 N–H and O–H groups in total. The van der Waals surface area contributed by atoms with Crippen LogP contribution in [0.4, 0.5) is 5.00 Å². The van der Waals surface area contributed by atoms with Gasteiger partial charge in [0.25, 0.3) is 0 Å². The second kappa shape index (κ2) is 5.58. The summed E-state index contributed by atoms with van der Waals surface area (Å²) in [6, 6.07) is 7.32. The van der Waals surface area contributed by atoms with Gasteiger partial charge in [-0.1, -0.05) is 0 Å². The van der Waals surface area contributed by atoms with Crippen molar-refractivity contribution in [3.8, 4) is 17.6 Å². The molecule has 1 aromatic carbocycles. The number of phenols is 1. The molecule has 1 aliphatic carbocycles. The van der Waals surface area contributed by atoms with Crippen LogP contribution in [0.5, 0.6) is 11.5 Å². The van der Waals surface area contributed by atoms with Crippen molar-refractivity contribution >= 4 is 22.6 Å². The third kappa shape index (κ3) is 2.50. The maximum atomic E-state index is 9.57. The van der Waals surface area contributed by atoms with Gasteiger partial charge in [-0.05, 0) is 48.6 Å². The van der Waals surface area contributed by atoms with Crippen LogP contribution in [0.15, 0.2) is 23.2 Å². The van der Waals surface area contributed by atoms with Crippen LogP contribution in [-0.2, 0) is 12.8 Å². The highest BCUT2D eigenvalue weighted by atomic mass is 32.1. The molecule has 3 rings (SSSR count). The molecule has 0 saturated heterocycles. The van der Waals surface area contributed by atoms with Crippen LogP contribution in [0.2, 0.25) is 0 Å². The van der Waals surface area contributed by atoms with Crippen LogP contribution in [-0.4, -0.2) is 18.4 Å². The zero-order chi connectivity index (χ0) is 14.8. The SMILES string of the molecule is COc1cc(C=Nc2sc3c(c2C#N)CCC3)ccc1O. The van der Waals surface area contributed by atoms with Gasteiger partial charge in [-0.25, -0.2) is 4.99 Å². The van der Waals surface area contributed by atoms with Crippen LogP contribution < -0.4 is 4.74 Å². The van der Waals surface area contributed by atoms with Gasteiger partial charge in [0.15, 0.2) is 11.5 Å². The topological polar surface area (TPSA) is 65.6 Å². The number of fused-ring (bicyclic) bond motifs is 1. The van der Waals surface area contributed by atoms with Crippen molar-refractivity contribution in [2.75, 3.05) is 7.11 Å². The van der Waals surface area contributed by atoms with E-state index in [1.165, 1.54) is 17.6 Å². The Kier molecular flexibility index (Phi) is 3.63. The predicted molar refractivity (Wildman–Crippen MR) is 83.0 cm³/mol. The third-order valence-electron chi connectivity index (χ3n) is 3.55. The number of aromatic hydroxyl groups is 1. The summed E-state index contributed by atoms with van der Waals surface area (Å²) in [5, 5.41) is 19.7. The molecule has 5 heteroatoms. The highest BCUT2D eigenvalue weighted by molar-refractivity contribution is 7.16. The van der Waals surface area contributed by atoms with E-state index < -0.39 is 0 Å². The average Bonchev–Trinajstić information content (AvgIpc) is 3.06. The lowest BCUT2D eigenvalue weighted by Gasteiger charge is -2.03. The van der Waals surface area contributed by atoms with E-state index in [2.05, 4.69) is 11.1 Å². The van der Waals surface area contributed by atoms with Crippen molar-refractivity contribution in [3.63, 3.8) is 0 Å². The molecule has 4 nitrogen and oxygen atoms in total. The number of nitrogens with zero attached hydrogens (tertiary/aromatic N) is 2. The standard InChI is InChI=1S/C16H14N2O2S/c1-20-14-7-10(5-6-13(14)19)9-18-16-12(8-17)11-3-2-4-15(11)21-16/h5-7,9,19H,2-4H2,1H3. The lowest BCUT2D eigenvalue weighted by Crippen LogP contribution is -1.87. The number of phenolic OH excluding ortho intramolecular Hbond substituents is 1. The number of nitriles is 1. The molecule has 0 radical (unpaired) electrons. The molecule has 0 fully saturated rings. The van der Waals surface area contributed by atoms with E-state index in [0.717, 1.165) is 35.4 Å². The Labute approximate surface area is 127 Å². The first-order chi connectivity index (χ1) is 10.2. The normalized spacial score (nSPS) is 13.3. The van der Waals surface area contributed by atoms with Crippen LogP contribution in [0, 0.1) is 11.3 Å². The van der Waals surface area contributed by atoms with Gasteiger partial charge in [-0.15, -0.1) is 11.3 Å². The minimum Gasteiger partial charge on any atom is -0.504 e. The zero-order valence-corrected chi connectivity index (χ0v) is 12.4. The summed E-state index contributed by atoms with van der Waals surface area (Å²) >= 11 is 1.60. The Hall–Kier alpha value is -2.32. The molecule has 1 aliphatic rings. The summed E-state index contributed by atoms with van der Waals surface area (Å²) in [6.07, 6.45) is 4.87. The average molecular weight is 298 g/mol. The fourth-order valence-electron chi connectivity index (χ4n) is 2.50. The number of aryl methyl sites for hydroxylation is 1. The molecule has 0 spiro atoms. The first-order valence-corrected chi connectivity index (χ1v) is 7.50. The van der Waals surface area contributed by atoms with Gasteiger partial charge in [-0.3, -0.25) is 0 Å². The molecule has 1 aromatic heterocycles. The van der Waals surface area contributed by atoms with Crippen molar-refractivity contribution in [2.45, 2.75) is 19.3 Å². The quantitative estimate of drug-likeness (QED) is 0.881. The van der Waals surface area contributed by atoms with E-state index in [1.807, 2.05) is 0 Å². The van der Waals surface area contributed by atoms with E-state index in [0.29, 0.717) is 5.75 Å². The second-order valence-corrected chi connectivity index (χ2v) is 5.92. The number of ether oxygens (including phenoxy) is 1. The fourth-order valence-corrected chi connectivity index (χ4v) is 3.69. The summed E-state index contributed by atoms with van der Waals surface area (Å²) in [7, 11) is 1.51. The lowest BCUT2D eigenvalue weighted by molar-refractivity contribution is 0.373. The van der Waals surface area contributed by atoms with E-state index >= 15 is 0 Å². The molecule has 2 aromatic rings. The highest BCUT2D eigenvalue weighted by Crippen LogP contribution is 2.40. The number of hydrogen-bond acceptors (Lipinski definition) is 5. The molecule has 0 saturated carbocycles. The lowest BCUT2D eigenvalue weighted by atomic mass is 10.1. The molecule has 0 atom stereocenters. The monoisotopic (exact) mass is 298 g/mol. The Bertz CT molecular complexity index is 756. The van der Waals surface area contributed by atoms with Crippen molar-refractivity contribution in [1.29, 1.82) is 5.26 Å². The molecule has 0 unspecified atom stereocenters. The minimum absolute atomic E-state index is 0.0995. The van der Waals surface area contributed by atoms with E-state index in [4.69, 9.17) is 4.74 Å². The predicted octanol–water partition coefficient (Wildman–Crippen LogP) is 3.57. The summed E-state index contributed by atoms with van der Waals surface area (Å²) in [5.41, 5.74) is 2.72. The Morgan fingerprint density at radius 2 is 2.29 bits per heavy atom. The van der Waals surface area contributed by atoms with Gasteiger partial charge in [0.1, 0.15) is 11.1 Å². The molecular weight excluding hydrogens is 284 g/mol. The highest BCUT2D eigenvalue weighted by Gasteiger charge is 2.21. The number of benzene rings is 1. The molecule has 0 bridgehead atoms.